The summed E-state index contributed by atoms with van der Waals surface area (Å²) in [5.74, 6) is 0.0571. The van der Waals surface area contributed by atoms with E-state index in [1.165, 1.54) is 5.56 Å². The van der Waals surface area contributed by atoms with Gasteiger partial charge in [0.2, 0.25) is 5.91 Å². The Hall–Kier alpha value is -2.49. The Morgan fingerprint density at radius 1 is 1.19 bits per heavy atom. The number of anilines is 4. The molecule has 0 bridgehead atoms. The van der Waals surface area contributed by atoms with E-state index >= 15 is 0 Å². The molecule has 0 spiro atoms. The normalized spacial score (nSPS) is 13.5. The van der Waals surface area contributed by atoms with E-state index in [0.717, 1.165) is 29.0 Å². The maximum atomic E-state index is 11.5. The molecule has 2 aromatic carbocycles. The van der Waals surface area contributed by atoms with Crippen molar-refractivity contribution in [1.82, 2.24) is 0 Å². The maximum absolute atomic E-state index is 11.5. The first-order chi connectivity index (χ1) is 10.0. The average Bonchev–Trinajstić information content (AvgIpc) is 2.45. The zero-order valence-electron chi connectivity index (χ0n) is 12.3. The van der Waals surface area contributed by atoms with E-state index in [2.05, 4.69) is 41.4 Å². The molecule has 1 amide bonds. The van der Waals surface area contributed by atoms with Crippen LogP contribution in [0.15, 0.2) is 36.4 Å². The Morgan fingerprint density at radius 3 is 2.76 bits per heavy atom. The van der Waals surface area contributed by atoms with E-state index in [9.17, 15) is 4.79 Å². The van der Waals surface area contributed by atoms with Gasteiger partial charge in [-0.05, 0) is 48.7 Å². The number of nitrogens with two attached hydrogens (primary N) is 1. The van der Waals surface area contributed by atoms with E-state index < -0.39 is 0 Å². The molecule has 3 N–H and O–H groups in total. The van der Waals surface area contributed by atoms with Crippen LogP contribution in [0.25, 0.3) is 0 Å². The predicted molar refractivity (Wildman–Crippen MR) is 87.0 cm³/mol. The minimum absolute atomic E-state index is 0.0571. The van der Waals surface area contributed by atoms with Crippen molar-refractivity contribution < 1.29 is 4.79 Å². The van der Waals surface area contributed by atoms with Gasteiger partial charge in [-0.25, -0.2) is 0 Å². The van der Waals surface area contributed by atoms with Crippen LogP contribution in [-0.2, 0) is 11.2 Å². The van der Waals surface area contributed by atoms with Gasteiger partial charge in [-0.2, -0.15) is 0 Å². The Bertz CT molecular complexity index is 709. The Kier molecular flexibility index (Phi) is 3.29. The monoisotopic (exact) mass is 281 g/mol. The molecule has 1 aliphatic heterocycles. The third kappa shape index (κ3) is 2.57. The summed E-state index contributed by atoms with van der Waals surface area (Å²) < 4.78 is 0. The van der Waals surface area contributed by atoms with Crippen LogP contribution < -0.4 is 16.0 Å². The van der Waals surface area contributed by atoms with Gasteiger partial charge in [0.05, 0.1) is 11.4 Å². The topological polar surface area (TPSA) is 58.4 Å². The summed E-state index contributed by atoms with van der Waals surface area (Å²) in [4.78, 5) is 13.5. The average molecular weight is 281 g/mol. The number of carbonyl (C=O) groups excluding carboxylic acids is 1. The molecular weight excluding hydrogens is 262 g/mol. The highest BCUT2D eigenvalue weighted by Crippen LogP contribution is 2.35. The van der Waals surface area contributed by atoms with Crippen molar-refractivity contribution in [3.8, 4) is 0 Å². The summed E-state index contributed by atoms with van der Waals surface area (Å²) in [7, 11) is 2.01. The van der Waals surface area contributed by atoms with Gasteiger partial charge in [-0.3, -0.25) is 4.79 Å². The molecule has 21 heavy (non-hydrogen) atoms. The minimum Gasteiger partial charge on any atom is -0.397 e. The second-order valence-electron chi connectivity index (χ2n) is 5.51. The maximum Gasteiger partial charge on any atom is 0.224 e. The fourth-order valence-corrected chi connectivity index (χ4v) is 2.70. The number of hydrogen-bond donors (Lipinski definition) is 2. The molecule has 3 rings (SSSR count). The molecule has 0 fully saturated rings. The number of nitrogens with zero attached hydrogens (tertiary/aromatic N) is 1. The molecule has 0 unspecified atom stereocenters. The molecule has 4 heteroatoms. The van der Waals surface area contributed by atoms with Gasteiger partial charge in [-0.1, -0.05) is 12.1 Å². The van der Waals surface area contributed by atoms with Crippen molar-refractivity contribution in [2.24, 2.45) is 0 Å². The van der Waals surface area contributed by atoms with E-state index in [1.54, 1.807) is 0 Å². The van der Waals surface area contributed by atoms with Gasteiger partial charge in [-0.15, -0.1) is 0 Å². The number of hydrogen-bond acceptors (Lipinski definition) is 3. The molecule has 0 aliphatic carbocycles. The summed E-state index contributed by atoms with van der Waals surface area (Å²) in [6.07, 6.45) is 1.29. The molecule has 0 aromatic heterocycles. The zero-order chi connectivity index (χ0) is 15.0. The smallest absolute Gasteiger partial charge is 0.224 e. The predicted octanol–water partition coefficient (Wildman–Crippen LogP) is 3.23. The fourth-order valence-electron chi connectivity index (χ4n) is 2.70. The second-order valence-corrected chi connectivity index (χ2v) is 5.51. The summed E-state index contributed by atoms with van der Waals surface area (Å²) in [6, 6.07) is 12.2. The van der Waals surface area contributed by atoms with Crippen LogP contribution in [0.5, 0.6) is 0 Å². The molecule has 0 saturated carbocycles. The Labute approximate surface area is 124 Å². The van der Waals surface area contributed by atoms with Gasteiger partial charge < -0.3 is 16.0 Å². The number of amides is 1. The van der Waals surface area contributed by atoms with E-state index in [4.69, 9.17) is 5.73 Å². The lowest BCUT2D eigenvalue weighted by Crippen LogP contribution is -2.20. The van der Waals surface area contributed by atoms with Crippen molar-refractivity contribution in [3.05, 3.63) is 47.5 Å². The number of fused-ring (bicyclic) bond motifs is 1. The van der Waals surface area contributed by atoms with Gasteiger partial charge in [0, 0.05) is 24.8 Å². The largest absolute Gasteiger partial charge is 0.397 e. The second kappa shape index (κ2) is 5.13. The molecule has 1 heterocycles. The lowest BCUT2D eigenvalue weighted by atomic mass is 10.0. The van der Waals surface area contributed by atoms with Gasteiger partial charge >= 0.3 is 0 Å². The third-order valence-corrected chi connectivity index (χ3v) is 3.90. The molecule has 4 nitrogen and oxygen atoms in total. The highest BCUT2D eigenvalue weighted by Gasteiger charge is 2.18. The standard InChI is InChI=1S/C17H19N3O/c1-11-4-3-5-13(8-11)20(2)16-9-12-6-7-17(21)19-15(12)10-14(16)18/h3-5,8-10H,6-7,18H2,1-2H3,(H,19,21). The van der Waals surface area contributed by atoms with Gasteiger partial charge in [0.1, 0.15) is 0 Å². The zero-order valence-corrected chi connectivity index (χ0v) is 12.3. The molecule has 0 radical (unpaired) electrons. The molecule has 0 saturated heterocycles. The summed E-state index contributed by atoms with van der Waals surface area (Å²) in [5.41, 5.74) is 12.1. The molecule has 108 valence electrons. The Morgan fingerprint density at radius 2 is 2.00 bits per heavy atom. The highest BCUT2D eigenvalue weighted by atomic mass is 16.1. The lowest BCUT2D eigenvalue weighted by molar-refractivity contribution is -0.116. The van der Waals surface area contributed by atoms with Crippen LogP contribution in [0.4, 0.5) is 22.7 Å². The van der Waals surface area contributed by atoms with Crippen LogP contribution in [0.3, 0.4) is 0 Å². The Balaban J connectivity index is 2.01. The molecule has 0 atom stereocenters. The summed E-state index contributed by atoms with van der Waals surface area (Å²) >= 11 is 0. The molecule has 1 aliphatic rings. The first kappa shape index (κ1) is 13.5. The molecule has 2 aromatic rings. The molecular formula is C17H19N3O. The van der Waals surface area contributed by atoms with E-state index in [0.29, 0.717) is 12.1 Å². The van der Waals surface area contributed by atoms with Crippen molar-refractivity contribution in [2.75, 3.05) is 23.0 Å². The minimum atomic E-state index is 0.0571. The number of carbonyl (C=O) groups is 1. The van der Waals surface area contributed by atoms with Crippen molar-refractivity contribution >= 4 is 28.7 Å². The van der Waals surface area contributed by atoms with E-state index in [-0.39, 0.29) is 5.91 Å². The van der Waals surface area contributed by atoms with Gasteiger partial charge in [0.25, 0.3) is 0 Å². The highest BCUT2D eigenvalue weighted by molar-refractivity contribution is 5.96. The number of nitrogens with one attached hydrogen (secondary N) is 1. The number of nitrogen functional groups attached to an aromatic ring is 1. The van der Waals surface area contributed by atoms with Crippen molar-refractivity contribution in [3.63, 3.8) is 0 Å². The van der Waals surface area contributed by atoms with Crippen LogP contribution >= 0.6 is 0 Å². The first-order valence-corrected chi connectivity index (χ1v) is 7.07. The van der Waals surface area contributed by atoms with Crippen molar-refractivity contribution in [2.45, 2.75) is 19.8 Å². The van der Waals surface area contributed by atoms with Crippen LogP contribution in [-0.4, -0.2) is 13.0 Å². The number of aryl methyl sites for hydroxylation is 2. The van der Waals surface area contributed by atoms with Crippen LogP contribution in [0.2, 0.25) is 0 Å². The summed E-state index contributed by atoms with van der Waals surface area (Å²) in [6.45, 7) is 2.07. The lowest BCUT2D eigenvalue weighted by Gasteiger charge is -2.25. The van der Waals surface area contributed by atoms with E-state index in [1.807, 2.05) is 19.2 Å². The summed E-state index contributed by atoms with van der Waals surface area (Å²) in [5, 5.41) is 2.88. The number of rotatable bonds is 2. The van der Waals surface area contributed by atoms with Crippen molar-refractivity contribution in [1.29, 1.82) is 0 Å². The SMILES string of the molecule is Cc1cccc(N(C)c2cc3c(cc2N)NC(=O)CC3)c1. The third-order valence-electron chi connectivity index (χ3n) is 3.90. The van der Waals surface area contributed by atoms with Gasteiger partial charge in [0.15, 0.2) is 0 Å². The fraction of sp³-hybridized carbons (Fsp3) is 0.235. The number of benzene rings is 2. The van der Waals surface area contributed by atoms with Crippen LogP contribution in [0, 0.1) is 6.92 Å². The first-order valence-electron chi connectivity index (χ1n) is 7.07. The quantitative estimate of drug-likeness (QED) is 0.831. The van der Waals surface area contributed by atoms with Crippen LogP contribution in [0.1, 0.15) is 17.5 Å².